The van der Waals surface area contributed by atoms with Crippen molar-refractivity contribution in [3.63, 3.8) is 0 Å². The maximum Gasteiger partial charge on any atom is 0.174 e. The van der Waals surface area contributed by atoms with E-state index in [1.165, 1.54) is 0 Å². The molecule has 1 N–H and O–H groups in total. The molecular weight excluding hydrogens is 610 g/mol. The molecule has 0 unspecified atom stereocenters. The number of aliphatic hydroxyl groups is 1. The zero-order valence-corrected chi connectivity index (χ0v) is 26.9. The van der Waals surface area contributed by atoms with Crippen molar-refractivity contribution in [2.24, 2.45) is 0 Å². The number of ether oxygens (including phenoxy) is 2. The fraction of sp³-hybridized carbons (Fsp3) is 0.0769. The van der Waals surface area contributed by atoms with Gasteiger partial charge in [0.15, 0.2) is 14.3 Å². The predicted octanol–water partition coefficient (Wildman–Crippen LogP) is 5.78. The standard InChI is InChI=1S/C39H34O5P2/c40-31(29-43-36-25-13-15-27-38(36)45(41,32-17-5-1-6-18-32)33-19-7-2-8-20-33)30-44-37-26-14-16-28-39(37)46(42,34-21-9-3-10-22-34)35-23-11-4-12-24-35/h1-28,31,40H,29-30H2. The smallest absolute Gasteiger partial charge is 0.174 e. The minimum Gasteiger partial charge on any atom is -0.490 e. The lowest BCUT2D eigenvalue weighted by Crippen LogP contribution is -2.30. The van der Waals surface area contributed by atoms with Crippen LogP contribution in [0, 0.1) is 0 Å². The summed E-state index contributed by atoms with van der Waals surface area (Å²) in [6.45, 7) is -0.199. The Balaban J connectivity index is 1.24. The number of hydrogen-bond donors (Lipinski definition) is 1. The molecule has 6 aromatic carbocycles. The minimum atomic E-state index is -3.29. The van der Waals surface area contributed by atoms with Crippen LogP contribution >= 0.6 is 14.3 Å². The molecule has 0 aliphatic heterocycles. The lowest BCUT2D eigenvalue weighted by atomic mass is 10.3. The van der Waals surface area contributed by atoms with Gasteiger partial charge in [-0.3, -0.25) is 0 Å². The summed E-state index contributed by atoms with van der Waals surface area (Å²) in [5, 5.41) is 14.9. The molecule has 0 aromatic heterocycles. The van der Waals surface area contributed by atoms with E-state index < -0.39 is 20.4 Å². The molecule has 0 aliphatic rings. The van der Waals surface area contributed by atoms with Crippen molar-refractivity contribution in [1.29, 1.82) is 0 Å². The Hall–Kier alpha value is -4.66. The Morgan fingerprint density at radius 1 is 0.413 bits per heavy atom. The predicted molar refractivity (Wildman–Crippen MR) is 189 cm³/mol. The molecule has 0 bridgehead atoms. The molecule has 0 saturated heterocycles. The monoisotopic (exact) mass is 644 g/mol. The summed E-state index contributed by atoms with van der Waals surface area (Å²) < 4.78 is 42.2. The van der Waals surface area contributed by atoms with Gasteiger partial charge in [-0.2, -0.15) is 0 Å². The first-order valence-corrected chi connectivity index (χ1v) is 18.5. The third kappa shape index (κ3) is 6.36. The van der Waals surface area contributed by atoms with Crippen molar-refractivity contribution in [3.8, 4) is 11.5 Å². The molecule has 7 heteroatoms. The van der Waals surface area contributed by atoms with Crippen LogP contribution in [0.15, 0.2) is 170 Å². The van der Waals surface area contributed by atoms with Gasteiger partial charge in [-0.1, -0.05) is 146 Å². The number of hydrogen-bond acceptors (Lipinski definition) is 5. The van der Waals surface area contributed by atoms with Crippen LogP contribution in [-0.4, -0.2) is 24.4 Å². The summed E-state index contributed by atoms with van der Waals surface area (Å²) in [6.07, 6.45) is -1.03. The van der Waals surface area contributed by atoms with Crippen LogP contribution in [0.5, 0.6) is 11.5 Å². The van der Waals surface area contributed by atoms with Crippen LogP contribution in [0.2, 0.25) is 0 Å². The second-order valence-corrected chi connectivity index (χ2v) is 16.2. The fourth-order valence-electron chi connectivity index (χ4n) is 5.50. The highest BCUT2D eigenvalue weighted by molar-refractivity contribution is 7.86. The molecule has 0 aliphatic carbocycles. The molecule has 0 atom stereocenters. The van der Waals surface area contributed by atoms with E-state index in [4.69, 9.17) is 9.47 Å². The molecule has 6 rings (SSSR count). The highest BCUT2D eigenvalue weighted by Crippen LogP contribution is 2.46. The van der Waals surface area contributed by atoms with Gasteiger partial charge in [-0.15, -0.1) is 0 Å². The number of rotatable bonds is 12. The average molecular weight is 645 g/mol. The SMILES string of the molecule is O=P(c1ccccc1)(c1ccccc1)c1ccccc1OCC(O)COc1ccccc1P(=O)(c1ccccc1)c1ccccc1. The quantitative estimate of drug-likeness (QED) is 0.171. The molecule has 0 saturated carbocycles. The summed E-state index contributed by atoms with van der Waals surface area (Å²) in [7, 11) is -6.58. The number of aliphatic hydroxyl groups excluding tert-OH is 1. The molecule has 0 amide bonds. The van der Waals surface area contributed by atoms with Gasteiger partial charge in [0.25, 0.3) is 0 Å². The lowest BCUT2D eigenvalue weighted by molar-refractivity contribution is 0.0634. The number of benzene rings is 6. The minimum absolute atomic E-state index is 0.0994. The Morgan fingerprint density at radius 3 is 0.978 bits per heavy atom. The van der Waals surface area contributed by atoms with E-state index in [0.29, 0.717) is 43.3 Å². The fourth-order valence-corrected chi connectivity index (χ4v) is 11.1. The van der Waals surface area contributed by atoms with Gasteiger partial charge in [-0.25, -0.2) is 0 Å². The molecular formula is C39H34O5P2. The van der Waals surface area contributed by atoms with Crippen LogP contribution in [-0.2, 0) is 9.13 Å². The third-order valence-corrected chi connectivity index (χ3v) is 13.9. The Kier molecular flexibility index (Phi) is 9.66. The van der Waals surface area contributed by atoms with Crippen LogP contribution in [0.3, 0.4) is 0 Å². The zero-order chi connectivity index (χ0) is 31.8. The lowest BCUT2D eigenvalue weighted by Gasteiger charge is -2.24. The summed E-state index contributed by atoms with van der Waals surface area (Å²) >= 11 is 0. The highest BCUT2D eigenvalue weighted by atomic mass is 31.2. The molecule has 46 heavy (non-hydrogen) atoms. The first kappa shape index (κ1) is 31.3. The van der Waals surface area contributed by atoms with E-state index in [-0.39, 0.29) is 13.2 Å². The van der Waals surface area contributed by atoms with E-state index in [2.05, 4.69) is 0 Å². The maximum absolute atomic E-state index is 15.0. The van der Waals surface area contributed by atoms with Gasteiger partial charge in [0.05, 0.1) is 10.6 Å². The van der Waals surface area contributed by atoms with Gasteiger partial charge in [0.1, 0.15) is 30.8 Å². The summed E-state index contributed by atoms with van der Waals surface area (Å²) in [5.41, 5.74) is 0. The van der Waals surface area contributed by atoms with Crippen LogP contribution in [0.4, 0.5) is 0 Å². The first-order chi connectivity index (χ1) is 22.5. The van der Waals surface area contributed by atoms with Gasteiger partial charge in [0, 0.05) is 21.2 Å². The second-order valence-electron chi connectivity index (χ2n) is 10.8. The zero-order valence-electron chi connectivity index (χ0n) is 25.1. The average Bonchev–Trinajstić information content (AvgIpc) is 3.14. The largest absolute Gasteiger partial charge is 0.490 e. The van der Waals surface area contributed by atoms with Crippen molar-refractivity contribution in [3.05, 3.63) is 170 Å². The van der Waals surface area contributed by atoms with Gasteiger partial charge in [0.2, 0.25) is 0 Å². The van der Waals surface area contributed by atoms with Crippen LogP contribution in [0.25, 0.3) is 0 Å². The van der Waals surface area contributed by atoms with E-state index >= 15 is 0 Å². The Morgan fingerprint density at radius 2 is 0.674 bits per heavy atom. The normalized spacial score (nSPS) is 11.7. The van der Waals surface area contributed by atoms with Crippen molar-refractivity contribution in [2.75, 3.05) is 13.2 Å². The van der Waals surface area contributed by atoms with E-state index in [1.807, 2.05) is 158 Å². The Labute approximate surface area is 269 Å². The summed E-state index contributed by atoms with van der Waals surface area (Å²) in [4.78, 5) is 0. The van der Waals surface area contributed by atoms with Crippen molar-refractivity contribution < 1.29 is 23.7 Å². The molecule has 0 heterocycles. The maximum atomic E-state index is 15.0. The highest BCUT2D eigenvalue weighted by Gasteiger charge is 2.34. The van der Waals surface area contributed by atoms with Crippen LogP contribution in [0.1, 0.15) is 0 Å². The number of para-hydroxylation sites is 2. The van der Waals surface area contributed by atoms with Crippen molar-refractivity contribution >= 4 is 46.1 Å². The van der Waals surface area contributed by atoms with E-state index in [9.17, 15) is 14.2 Å². The molecule has 6 aromatic rings. The molecule has 0 spiro atoms. The van der Waals surface area contributed by atoms with E-state index in [0.717, 1.165) is 0 Å². The van der Waals surface area contributed by atoms with E-state index in [1.54, 1.807) is 12.1 Å². The molecule has 0 fully saturated rings. The summed E-state index contributed by atoms with van der Waals surface area (Å²) in [5.74, 6) is 0.853. The van der Waals surface area contributed by atoms with Gasteiger partial charge < -0.3 is 23.7 Å². The third-order valence-electron chi connectivity index (χ3n) is 7.75. The van der Waals surface area contributed by atoms with Crippen molar-refractivity contribution in [2.45, 2.75) is 6.10 Å². The van der Waals surface area contributed by atoms with Crippen LogP contribution < -0.4 is 41.3 Å². The topological polar surface area (TPSA) is 72.8 Å². The Bertz CT molecular complexity index is 1730. The summed E-state index contributed by atoms with van der Waals surface area (Å²) in [6, 6.07) is 52.1. The van der Waals surface area contributed by atoms with Gasteiger partial charge in [-0.05, 0) is 24.3 Å². The molecule has 230 valence electrons. The van der Waals surface area contributed by atoms with Gasteiger partial charge >= 0.3 is 0 Å². The second kappa shape index (κ2) is 14.2. The van der Waals surface area contributed by atoms with Crippen molar-refractivity contribution in [1.82, 2.24) is 0 Å². The first-order valence-electron chi connectivity index (χ1n) is 15.1. The molecule has 5 nitrogen and oxygen atoms in total. The molecule has 0 radical (unpaired) electrons.